The predicted molar refractivity (Wildman–Crippen MR) is 76.5 cm³/mol. The van der Waals surface area contributed by atoms with Crippen LogP contribution in [0.1, 0.15) is 18.4 Å². The van der Waals surface area contributed by atoms with Gasteiger partial charge in [0.1, 0.15) is 13.2 Å². The fourth-order valence-electron chi connectivity index (χ4n) is 2.73. The molecule has 0 N–H and O–H groups in total. The smallest absolute Gasteiger partial charge is 0.161 e. The molecule has 0 amide bonds. The number of likely N-dealkylation sites (tertiary alicyclic amines) is 1. The Morgan fingerprint density at radius 2 is 2.05 bits per heavy atom. The van der Waals surface area contributed by atoms with Crippen molar-refractivity contribution in [2.24, 2.45) is 0 Å². The number of piperidine rings is 1. The zero-order chi connectivity index (χ0) is 13.1. The number of hydrogen-bond donors (Lipinski definition) is 0. The zero-order valence-electron chi connectivity index (χ0n) is 11.1. The summed E-state index contributed by atoms with van der Waals surface area (Å²) in [5.41, 5.74) is 1.31. The van der Waals surface area contributed by atoms with Crippen LogP contribution in [0.15, 0.2) is 18.2 Å². The number of benzene rings is 1. The Balaban J connectivity index is 1.57. The Labute approximate surface area is 119 Å². The lowest BCUT2D eigenvalue weighted by molar-refractivity contribution is 0.171. The second-order valence-electron chi connectivity index (χ2n) is 5.27. The first-order valence-corrected chi connectivity index (χ1v) is 7.50. The minimum absolute atomic E-state index is 0.328. The SMILES string of the molecule is Cl[C@@H]1CCCN(CCc2ccc3c(c2)OCCO3)C1. The normalized spacial score (nSPS) is 23.3. The third kappa shape index (κ3) is 3.34. The molecule has 1 aromatic carbocycles. The van der Waals surface area contributed by atoms with Crippen LogP contribution in [-0.4, -0.2) is 43.1 Å². The van der Waals surface area contributed by atoms with Crippen molar-refractivity contribution >= 4 is 11.6 Å². The Morgan fingerprint density at radius 3 is 2.89 bits per heavy atom. The third-order valence-electron chi connectivity index (χ3n) is 3.77. The second-order valence-corrected chi connectivity index (χ2v) is 5.89. The van der Waals surface area contributed by atoms with E-state index in [0.29, 0.717) is 18.6 Å². The third-order valence-corrected chi connectivity index (χ3v) is 4.13. The summed E-state index contributed by atoms with van der Waals surface area (Å²) in [4.78, 5) is 2.46. The number of halogens is 1. The molecule has 0 radical (unpaired) electrons. The van der Waals surface area contributed by atoms with E-state index >= 15 is 0 Å². The van der Waals surface area contributed by atoms with Gasteiger partial charge in [0.15, 0.2) is 11.5 Å². The van der Waals surface area contributed by atoms with Gasteiger partial charge in [-0.15, -0.1) is 11.6 Å². The highest BCUT2D eigenvalue weighted by Gasteiger charge is 2.18. The van der Waals surface area contributed by atoms with Crippen molar-refractivity contribution in [1.82, 2.24) is 4.90 Å². The highest BCUT2D eigenvalue weighted by Crippen LogP contribution is 2.31. The van der Waals surface area contributed by atoms with Gasteiger partial charge >= 0.3 is 0 Å². The lowest BCUT2D eigenvalue weighted by atomic mass is 10.1. The monoisotopic (exact) mass is 281 g/mol. The van der Waals surface area contributed by atoms with Crippen molar-refractivity contribution < 1.29 is 9.47 Å². The molecule has 0 aliphatic carbocycles. The van der Waals surface area contributed by atoms with E-state index in [0.717, 1.165) is 37.4 Å². The van der Waals surface area contributed by atoms with E-state index in [1.165, 1.54) is 18.5 Å². The molecular weight excluding hydrogens is 262 g/mol. The summed E-state index contributed by atoms with van der Waals surface area (Å²) in [6, 6.07) is 6.26. The van der Waals surface area contributed by atoms with Crippen molar-refractivity contribution in [2.75, 3.05) is 32.8 Å². The molecule has 2 aliphatic heterocycles. The van der Waals surface area contributed by atoms with Crippen molar-refractivity contribution in [3.05, 3.63) is 23.8 Å². The molecule has 3 rings (SSSR count). The summed E-state index contributed by atoms with van der Waals surface area (Å²) < 4.78 is 11.1. The molecule has 0 spiro atoms. The molecule has 104 valence electrons. The number of fused-ring (bicyclic) bond motifs is 1. The van der Waals surface area contributed by atoms with Gasteiger partial charge in [-0.05, 0) is 43.5 Å². The Hall–Kier alpha value is -0.930. The molecule has 1 saturated heterocycles. The first-order valence-electron chi connectivity index (χ1n) is 7.06. The van der Waals surface area contributed by atoms with Crippen LogP contribution in [0.5, 0.6) is 11.5 Å². The molecule has 19 heavy (non-hydrogen) atoms. The molecule has 0 bridgehead atoms. The topological polar surface area (TPSA) is 21.7 Å². The average Bonchev–Trinajstić information content (AvgIpc) is 2.45. The van der Waals surface area contributed by atoms with Gasteiger partial charge in [0.25, 0.3) is 0 Å². The molecule has 1 atom stereocenters. The Bertz CT molecular complexity index is 438. The summed E-state index contributed by atoms with van der Waals surface area (Å²) in [6.45, 7) is 4.57. The number of hydrogen-bond acceptors (Lipinski definition) is 3. The van der Waals surface area contributed by atoms with E-state index in [-0.39, 0.29) is 0 Å². The highest BCUT2D eigenvalue weighted by molar-refractivity contribution is 6.20. The van der Waals surface area contributed by atoms with Crippen molar-refractivity contribution in [3.8, 4) is 11.5 Å². The van der Waals surface area contributed by atoms with Crippen LogP contribution in [-0.2, 0) is 6.42 Å². The van der Waals surface area contributed by atoms with Gasteiger partial charge in [-0.2, -0.15) is 0 Å². The van der Waals surface area contributed by atoms with E-state index in [9.17, 15) is 0 Å². The molecular formula is C15H20ClNO2. The summed E-state index contributed by atoms with van der Waals surface area (Å²) in [6.07, 6.45) is 3.41. The first kappa shape index (κ1) is 13.1. The number of rotatable bonds is 3. The average molecular weight is 282 g/mol. The quantitative estimate of drug-likeness (QED) is 0.795. The second kappa shape index (κ2) is 6.02. The number of ether oxygens (including phenoxy) is 2. The zero-order valence-corrected chi connectivity index (χ0v) is 11.9. The van der Waals surface area contributed by atoms with Crippen LogP contribution in [0.2, 0.25) is 0 Å². The molecule has 0 aromatic heterocycles. The van der Waals surface area contributed by atoms with E-state index in [2.05, 4.69) is 17.0 Å². The summed E-state index contributed by atoms with van der Waals surface area (Å²) >= 11 is 6.21. The Kier molecular flexibility index (Phi) is 4.14. The van der Waals surface area contributed by atoms with Crippen LogP contribution >= 0.6 is 11.6 Å². The standard InChI is InChI=1S/C15H20ClNO2/c16-13-2-1-6-17(11-13)7-5-12-3-4-14-15(10-12)19-9-8-18-14/h3-4,10,13H,1-2,5-9,11H2/t13-/m1/s1. The van der Waals surface area contributed by atoms with Gasteiger partial charge in [-0.1, -0.05) is 6.07 Å². The predicted octanol–water partition coefficient (Wildman–Crippen LogP) is 2.70. The maximum Gasteiger partial charge on any atom is 0.161 e. The maximum atomic E-state index is 6.21. The van der Waals surface area contributed by atoms with Crippen LogP contribution < -0.4 is 9.47 Å². The van der Waals surface area contributed by atoms with Crippen molar-refractivity contribution in [1.29, 1.82) is 0 Å². The van der Waals surface area contributed by atoms with Gasteiger partial charge in [0.2, 0.25) is 0 Å². The summed E-state index contributed by atoms with van der Waals surface area (Å²) in [7, 11) is 0. The van der Waals surface area contributed by atoms with Crippen molar-refractivity contribution in [2.45, 2.75) is 24.6 Å². The molecule has 0 saturated carbocycles. The molecule has 3 nitrogen and oxygen atoms in total. The van der Waals surface area contributed by atoms with Crippen LogP contribution in [0.4, 0.5) is 0 Å². The van der Waals surface area contributed by atoms with E-state index in [4.69, 9.17) is 21.1 Å². The molecule has 1 fully saturated rings. The highest BCUT2D eigenvalue weighted by atomic mass is 35.5. The van der Waals surface area contributed by atoms with Gasteiger partial charge in [-0.3, -0.25) is 0 Å². The Morgan fingerprint density at radius 1 is 1.21 bits per heavy atom. The number of nitrogens with zero attached hydrogens (tertiary/aromatic N) is 1. The van der Waals surface area contributed by atoms with Crippen molar-refractivity contribution in [3.63, 3.8) is 0 Å². The minimum Gasteiger partial charge on any atom is -0.486 e. The van der Waals surface area contributed by atoms with E-state index in [1.54, 1.807) is 0 Å². The molecule has 0 unspecified atom stereocenters. The van der Waals surface area contributed by atoms with E-state index in [1.807, 2.05) is 6.07 Å². The molecule has 2 heterocycles. The maximum absolute atomic E-state index is 6.21. The fraction of sp³-hybridized carbons (Fsp3) is 0.600. The lowest BCUT2D eigenvalue weighted by Crippen LogP contribution is -2.37. The van der Waals surface area contributed by atoms with Crippen LogP contribution in [0, 0.1) is 0 Å². The van der Waals surface area contributed by atoms with E-state index < -0.39 is 0 Å². The molecule has 2 aliphatic rings. The summed E-state index contributed by atoms with van der Waals surface area (Å²) in [5.74, 6) is 1.76. The number of alkyl halides is 1. The van der Waals surface area contributed by atoms with Gasteiger partial charge in [0.05, 0.1) is 0 Å². The van der Waals surface area contributed by atoms with Gasteiger partial charge < -0.3 is 14.4 Å². The van der Waals surface area contributed by atoms with Crippen LogP contribution in [0.3, 0.4) is 0 Å². The minimum atomic E-state index is 0.328. The van der Waals surface area contributed by atoms with Gasteiger partial charge in [-0.25, -0.2) is 0 Å². The molecule has 4 heteroatoms. The summed E-state index contributed by atoms with van der Waals surface area (Å²) in [5, 5.41) is 0.328. The van der Waals surface area contributed by atoms with Crippen LogP contribution in [0.25, 0.3) is 0 Å². The largest absolute Gasteiger partial charge is 0.486 e. The molecule has 1 aromatic rings. The fourth-order valence-corrected chi connectivity index (χ4v) is 3.08. The van der Waals surface area contributed by atoms with Gasteiger partial charge in [0, 0.05) is 18.5 Å². The first-order chi connectivity index (χ1) is 9.31. The lowest BCUT2D eigenvalue weighted by Gasteiger charge is -2.29.